The largest absolute Gasteiger partial charge is 0.376 e. The first-order chi connectivity index (χ1) is 12.5. The lowest BCUT2D eigenvalue weighted by Gasteiger charge is -2.00. The second-order valence-electron chi connectivity index (χ2n) is 5.31. The summed E-state index contributed by atoms with van der Waals surface area (Å²) in [5, 5.41) is 10.6. The van der Waals surface area contributed by atoms with Crippen LogP contribution in [0.4, 0.5) is 0 Å². The van der Waals surface area contributed by atoms with Gasteiger partial charge in [0.2, 0.25) is 4.80 Å². The number of carbonyl (C=O) groups is 1. The molecule has 0 radical (unpaired) electrons. The molecule has 0 saturated carbocycles. The molecule has 26 heavy (non-hydrogen) atoms. The Labute approximate surface area is 162 Å². The Morgan fingerprint density at radius 2 is 1.62 bits per heavy atom. The quantitative estimate of drug-likeness (QED) is 0.719. The minimum atomic E-state index is -0.574. The highest BCUT2D eigenvalue weighted by Gasteiger charge is 2.11. The normalized spacial score (nSPS) is 11.7. The third-order valence-corrected chi connectivity index (χ3v) is 5.02. The number of benzene rings is 2. The van der Waals surface area contributed by atoms with E-state index in [1.807, 2.05) is 0 Å². The van der Waals surface area contributed by atoms with Crippen molar-refractivity contribution in [2.24, 2.45) is 4.99 Å². The maximum absolute atomic E-state index is 12.4. The predicted molar refractivity (Wildman–Crippen MR) is 101 cm³/mol. The molecule has 3 aromatic rings. The minimum absolute atomic E-state index is 0.117. The van der Waals surface area contributed by atoms with Crippen LogP contribution in [0.15, 0.2) is 58.3 Å². The van der Waals surface area contributed by atoms with Crippen molar-refractivity contribution < 1.29 is 9.90 Å². The van der Waals surface area contributed by atoms with E-state index >= 15 is 0 Å². The van der Waals surface area contributed by atoms with Gasteiger partial charge in [0.25, 0.3) is 5.91 Å². The average molecular weight is 410 g/mol. The smallest absolute Gasteiger partial charge is 0.342 e. The van der Waals surface area contributed by atoms with Gasteiger partial charge in [0, 0.05) is 15.6 Å². The molecule has 0 aliphatic rings. The van der Waals surface area contributed by atoms with Crippen LogP contribution in [0, 0.1) is 0 Å². The summed E-state index contributed by atoms with van der Waals surface area (Å²) in [6, 6.07) is 13.3. The van der Waals surface area contributed by atoms with Gasteiger partial charge in [-0.25, -0.2) is 13.3 Å². The Morgan fingerprint density at radius 1 is 1.04 bits per heavy atom. The number of rotatable bonds is 4. The van der Waals surface area contributed by atoms with Gasteiger partial charge in [-0.1, -0.05) is 35.3 Å². The summed E-state index contributed by atoms with van der Waals surface area (Å²) in [6.45, 7) is -0.291. The van der Waals surface area contributed by atoms with Gasteiger partial charge in [-0.05, 0) is 53.5 Å². The Kier molecular flexibility index (Phi) is 5.73. The summed E-state index contributed by atoms with van der Waals surface area (Å²) in [7, 11) is 0. The highest BCUT2D eigenvalue weighted by molar-refractivity contribution is 7.03. The Bertz CT molecular complexity index is 1050. The van der Waals surface area contributed by atoms with E-state index in [1.165, 1.54) is 3.96 Å². The maximum atomic E-state index is 12.4. The van der Waals surface area contributed by atoms with E-state index in [9.17, 15) is 14.7 Å². The molecule has 0 unspecified atom stereocenters. The lowest BCUT2D eigenvalue weighted by Crippen LogP contribution is -2.30. The molecule has 0 spiro atoms. The minimum Gasteiger partial charge on any atom is -0.376 e. The van der Waals surface area contributed by atoms with Crippen LogP contribution in [0.25, 0.3) is 0 Å². The first-order valence-electron chi connectivity index (χ1n) is 7.49. The first kappa shape index (κ1) is 18.6. The molecule has 0 aliphatic carbocycles. The van der Waals surface area contributed by atoms with Crippen molar-refractivity contribution in [1.29, 1.82) is 0 Å². The van der Waals surface area contributed by atoms with Gasteiger partial charge < -0.3 is 5.11 Å². The molecule has 6 nitrogen and oxygen atoms in total. The lowest BCUT2D eigenvalue weighted by atomic mass is 10.2. The number of hydrogen-bond donors (Lipinski definition) is 1. The molecule has 0 atom stereocenters. The molecule has 1 N–H and O–H groups in total. The molecule has 0 saturated heterocycles. The van der Waals surface area contributed by atoms with Crippen LogP contribution < -0.4 is 10.5 Å². The summed E-state index contributed by atoms with van der Waals surface area (Å²) < 4.78 is 2.45. The standard InChI is InChI=1S/C17H13Cl2N3O3S/c18-13-5-1-11(2-6-13)9-22-17(25)21(10-23)16(26-22)20-15(24)12-3-7-14(19)8-4-12/h1-8,23H,9-10H2. The van der Waals surface area contributed by atoms with Gasteiger partial charge in [0.1, 0.15) is 6.73 Å². The number of halogens is 2. The van der Waals surface area contributed by atoms with Crippen molar-refractivity contribution >= 4 is 40.6 Å². The zero-order valence-electron chi connectivity index (χ0n) is 13.3. The number of aromatic nitrogens is 2. The fourth-order valence-corrected chi connectivity index (χ4v) is 3.40. The summed E-state index contributed by atoms with van der Waals surface area (Å²) >= 11 is 12.7. The monoisotopic (exact) mass is 409 g/mol. The number of aliphatic hydroxyl groups excluding tert-OH is 1. The van der Waals surface area contributed by atoms with Gasteiger partial charge in [-0.2, -0.15) is 4.99 Å². The summed E-state index contributed by atoms with van der Waals surface area (Å²) in [5.41, 5.74) is 0.748. The summed E-state index contributed by atoms with van der Waals surface area (Å²) in [4.78, 5) is 28.8. The van der Waals surface area contributed by atoms with Crippen LogP contribution in [0.1, 0.15) is 15.9 Å². The van der Waals surface area contributed by atoms with Crippen molar-refractivity contribution in [2.45, 2.75) is 13.3 Å². The highest BCUT2D eigenvalue weighted by Crippen LogP contribution is 2.11. The van der Waals surface area contributed by atoms with Crippen LogP contribution in [0.5, 0.6) is 0 Å². The van der Waals surface area contributed by atoms with E-state index in [-0.39, 0.29) is 11.3 Å². The average Bonchev–Trinajstić information content (AvgIpc) is 2.92. The maximum Gasteiger partial charge on any atom is 0.342 e. The van der Waals surface area contributed by atoms with E-state index < -0.39 is 18.3 Å². The molecule has 0 bridgehead atoms. The second kappa shape index (κ2) is 8.01. The fraction of sp³-hybridized carbons (Fsp3) is 0.118. The van der Waals surface area contributed by atoms with Crippen molar-refractivity contribution in [3.05, 3.63) is 85.0 Å². The zero-order chi connectivity index (χ0) is 18.7. The van der Waals surface area contributed by atoms with Crippen LogP contribution >= 0.6 is 34.7 Å². The molecule has 1 heterocycles. The van der Waals surface area contributed by atoms with E-state index in [4.69, 9.17) is 23.2 Å². The highest BCUT2D eigenvalue weighted by atomic mass is 35.5. The molecule has 134 valence electrons. The fourth-order valence-electron chi connectivity index (χ4n) is 2.20. The SMILES string of the molecule is O=C(N=c1sn(Cc2ccc(Cl)cc2)c(=O)n1CO)c1ccc(Cl)cc1. The van der Waals surface area contributed by atoms with Crippen molar-refractivity contribution in [3.63, 3.8) is 0 Å². The van der Waals surface area contributed by atoms with Gasteiger partial charge in [-0.15, -0.1) is 0 Å². The molecular formula is C17H13Cl2N3O3S. The third-order valence-electron chi connectivity index (χ3n) is 3.54. The van der Waals surface area contributed by atoms with Crippen molar-refractivity contribution in [3.8, 4) is 0 Å². The third kappa shape index (κ3) is 4.13. The van der Waals surface area contributed by atoms with E-state index in [0.29, 0.717) is 15.6 Å². The lowest BCUT2D eigenvalue weighted by molar-refractivity contribution is 0.0996. The topological polar surface area (TPSA) is 76.6 Å². The summed E-state index contributed by atoms with van der Waals surface area (Å²) in [6.07, 6.45) is 0. The Balaban J connectivity index is 1.97. The number of aliphatic hydroxyl groups is 1. The zero-order valence-corrected chi connectivity index (χ0v) is 15.6. The molecule has 0 fully saturated rings. The van der Waals surface area contributed by atoms with Gasteiger partial charge >= 0.3 is 5.69 Å². The number of nitrogens with zero attached hydrogens (tertiary/aromatic N) is 3. The van der Waals surface area contributed by atoms with Crippen LogP contribution in [-0.4, -0.2) is 19.5 Å². The van der Waals surface area contributed by atoms with E-state index in [1.54, 1.807) is 48.5 Å². The molecule has 0 aliphatic heterocycles. The van der Waals surface area contributed by atoms with Crippen LogP contribution in [-0.2, 0) is 13.3 Å². The molecule has 1 amide bonds. The van der Waals surface area contributed by atoms with Gasteiger partial charge in [0.05, 0.1) is 6.54 Å². The number of carbonyl (C=O) groups excluding carboxylic acids is 1. The molecule has 9 heteroatoms. The number of hydrogen-bond acceptors (Lipinski definition) is 4. The molecular weight excluding hydrogens is 397 g/mol. The number of amides is 1. The van der Waals surface area contributed by atoms with E-state index in [2.05, 4.69) is 4.99 Å². The van der Waals surface area contributed by atoms with Crippen LogP contribution in [0.3, 0.4) is 0 Å². The van der Waals surface area contributed by atoms with Crippen molar-refractivity contribution in [1.82, 2.24) is 8.52 Å². The molecule has 2 aromatic carbocycles. The molecule has 1 aromatic heterocycles. The predicted octanol–water partition coefficient (Wildman–Crippen LogP) is 2.76. The van der Waals surface area contributed by atoms with Gasteiger partial charge in [0.15, 0.2) is 0 Å². The first-order valence-corrected chi connectivity index (χ1v) is 9.02. The molecule has 3 rings (SSSR count). The van der Waals surface area contributed by atoms with Crippen LogP contribution in [0.2, 0.25) is 10.0 Å². The van der Waals surface area contributed by atoms with Crippen molar-refractivity contribution in [2.75, 3.05) is 0 Å². The van der Waals surface area contributed by atoms with E-state index in [0.717, 1.165) is 21.7 Å². The van der Waals surface area contributed by atoms with Gasteiger partial charge in [-0.3, -0.25) is 4.79 Å². The Hall–Kier alpha value is -2.19. The Morgan fingerprint density at radius 3 is 2.19 bits per heavy atom. The second-order valence-corrected chi connectivity index (χ2v) is 7.17. The summed E-state index contributed by atoms with van der Waals surface area (Å²) in [5.74, 6) is -0.524.